The lowest BCUT2D eigenvalue weighted by Crippen LogP contribution is -1.95. The van der Waals surface area contributed by atoms with E-state index in [0.717, 1.165) is 11.3 Å². The second-order valence-electron chi connectivity index (χ2n) is 1.81. The molecule has 2 heterocycles. The molecule has 2 aromatic heterocycles. The maximum atomic E-state index is 10.7. The van der Waals surface area contributed by atoms with E-state index in [9.17, 15) is 4.79 Å². The number of nitrogens with two attached hydrogens (primary N) is 1. The minimum Gasteiger partial charge on any atom is -0.381 e. The van der Waals surface area contributed by atoms with E-state index in [1.807, 2.05) is 0 Å². The number of nitrogen functional groups attached to an aromatic ring is 1. The van der Waals surface area contributed by atoms with Gasteiger partial charge in [-0.3, -0.25) is 4.79 Å². The van der Waals surface area contributed by atoms with Gasteiger partial charge in [0.1, 0.15) is 6.33 Å². The molecule has 10 heavy (non-hydrogen) atoms. The van der Waals surface area contributed by atoms with Crippen molar-refractivity contribution in [2.75, 3.05) is 5.73 Å². The van der Waals surface area contributed by atoms with Crippen LogP contribution in [0.3, 0.4) is 0 Å². The Bertz CT molecular complexity index is 410. The van der Waals surface area contributed by atoms with Crippen LogP contribution in [0, 0.1) is 0 Å². The Morgan fingerprint density at radius 3 is 3.30 bits per heavy atom. The van der Waals surface area contributed by atoms with Crippen molar-refractivity contribution in [2.45, 2.75) is 0 Å². The Labute approximate surface area is 59.1 Å². The van der Waals surface area contributed by atoms with Gasteiger partial charge in [-0.15, -0.1) is 0 Å². The molecule has 0 amide bonds. The minimum atomic E-state index is -0.121. The summed E-state index contributed by atoms with van der Waals surface area (Å²) in [6.45, 7) is 0. The third-order valence-electron chi connectivity index (χ3n) is 1.15. The minimum absolute atomic E-state index is 0.121. The molecule has 0 aliphatic heterocycles. The van der Waals surface area contributed by atoms with Gasteiger partial charge in [0.25, 0.3) is 0 Å². The molecule has 2 rings (SSSR count). The number of hydrogen-bond acceptors (Lipinski definition) is 4. The van der Waals surface area contributed by atoms with Crippen molar-refractivity contribution in [3.8, 4) is 0 Å². The lowest BCUT2D eigenvalue weighted by Gasteiger charge is -1.76. The lowest BCUT2D eigenvalue weighted by molar-refractivity contribution is 0.935. The van der Waals surface area contributed by atoms with Gasteiger partial charge in [0.15, 0.2) is 10.6 Å². The van der Waals surface area contributed by atoms with E-state index in [1.165, 1.54) is 10.8 Å². The number of aromatic nitrogens is 3. The zero-order chi connectivity index (χ0) is 7.14. The van der Waals surface area contributed by atoms with Crippen molar-refractivity contribution in [3.05, 3.63) is 16.0 Å². The number of hydrogen-bond donors (Lipinski definition) is 2. The van der Waals surface area contributed by atoms with Crippen LogP contribution in [-0.4, -0.2) is 14.6 Å². The van der Waals surface area contributed by atoms with Crippen molar-refractivity contribution >= 4 is 22.0 Å². The largest absolute Gasteiger partial charge is 0.381 e. The molecule has 0 aliphatic carbocycles. The molecule has 3 N–H and O–H groups in total. The Morgan fingerprint density at radius 1 is 1.80 bits per heavy atom. The molecule has 0 aliphatic rings. The van der Waals surface area contributed by atoms with Crippen molar-refractivity contribution in [1.29, 1.82) is 0 Å². The molecule has 5 nitrogen and oxygen atoms in total. The first-order valence-electron chi connectivity index (χ1n) is 2.59. The molecule has 0 saturated carbocycles. The van der Waals surface area contributed by atoms with Crippen molar-refractivity contribution in [3.63, 3.8) is 0 Å². The van der Waals surface area contributed by atoms with Crippen LogP contribution in [-0.2, 0) is 0 Å². The first kappa shape index (κ1) is 5.48. The number of nitrogens with zero attached hydrogens (tertiary/aromatic N) is 2. The molecule has 0 fully saturated rings. The summed E-state index contributed by atoms with van der Waals surface area (Å²) < 4.78 is 1.50. The zero-order valence-corrected chi connectivity index (χ0v) is 5.68. The molecule has 0 spiro atoms. The van der Waals surface area contributed by atoms with Crippen LogP contribution in [0.25, 0.3) is 4.83 Å². The zero-order valence-electron chi connectivity index (χ0n) is 4.87. The van der Waals surface area contributed by atoms with Crippen LogP contribution in [0.15, 0.2) is 11.1 Å². The van der Waals surface area contributed by atoms with Gasteiger partial charge in [0, 0.05) is 0 Å². The third kappa shape index (κ3) is 0.561. The fourth-order valence-electron chi connectivity index (χ4n) is 0.741. The van der Waals surface area contributed by atoms with E-state index in [2.05, 4.69) is 10.1 Å². The predicted molar refractivity (Wildman–Crippen MR) is 38.1 cm³/mol. The second kappa shape index (κ2) is 1.60. The van der Waals surface area contributed by atoms with Crippen molar-refractivity contribution < 1.29 is 0 Å². The number of rotatable bonds is 0. The molecule has 0 unspecified atom stereocenters. The van der Waals surface area contributed by atoms with Crippen LogP contribution in [0.1, 0.15) is 0 Å². The van der Waals surface area contributed by atoms with E-state index in [1.54, 1.807) is 0 Å². The summed E-state index contributed by atoms with van der Waals surface area (Å²) >= 11 is 1.05. The first-order chi connectivity index (χ1) is 4.77. The maximum Gasteiger partial charge on any atom is 0.321 e. The quantitative estimate of drug-likeness (QED) is 0.548. The highest BCUT2D eigenvalue weighted by Crippen LogP contribution is 2.10. The number of anilines is 1. The molecule has 2 aromatic rings. The molecule has 0 radical (unpaired) electrons. The highest BCUT2D eigenvalue weighted by Gasteiger charge is 2.02. The maximum absolute atomic E-state index is 10.7. The first-order valence-corrected chi connectivity index (χ1v) is 3.40. The molecule has 0 aromatic carbocycles. The van der Waals surface area contributed by atoms with E-state index in [-0.39, 0.29) is 4.87 Å². The Morgan fingerprint density at radius 2 is 2.60 bits per heavy atom. The Balaban J connectivity index is 3.03. The van der Waals surface area contributed by atoms with Gasteiger partial charge >= 0.3 is 4.87 Å². The summed E-state index contributed by atoms with van der Waals surface area (Å²) in [6.07, 6.45) is 1.47. The number of imidazole rings is 1. The fraction of sp³-hybridized carbons (Fsp3) is 0. The summed E-state index contributed by atoms with van der Waals surface area (Å²) in [7, 11) is 0. The summed E-state index contributed by atoms with van der Waals surface area (Å²) in [4.78, 5) is 15.0. The number of fused-ring (bicyclic) bond motifs is 1. The molecule has 6 heteroatoms. The van der Waals surface area contributed by atoms with Crippen LogP contribution < -0.4 is 10.6 Å². The highest BCUT2D eigenvalue weighted by molar-refractivity contribution is 7.15. The van der Waals surface area contributed by atoms with E-state index in [4.69, 9.17) is 5.73 Å². The standard InChI is InChI=1S/C4H4N4OS/c5-2-3-8(1-6-2)7-4(9)10-3/h1H,5H2,(H,7,9). The van der Waals surface area contributed by atoms with Crippen LogP contribution in [0.2, 0.25) is 0 Å². The molecule has 0 saturated heterocycles. The summed E-state index contributed by atoms with van der Waals surface area (Å²) in [5.41, 5.74) is 5.41. The lowest BCUT2D eigenvalue weighted by atomic mass is 10.8. The average Bonchev–Trinajstić information content (AvgIpc) is 2.35. The Kier molecular flexibility index (Phi) is 0.877. The van der Waals surface area contributed by atoms with E-state index in [0.29, 0.717) is 10.6 Å². The molecule has 0 bridgehead atoms. The van der Waals surface area contributed by atoms with Gasteiger partial charge in [0.05, 0.1) is 0 Å². The van der Waals surface area contributed by atoms with Crippen LogP contribution >= 0.6 is 11.3 Å². The smallest absolute Gasteiger partial charge is 0.321 e. The van der Waals surface area contributed by atoms with Gasteiger partial charge < -0.3 is 5.73 Å². The Hall–Kier alpha value is -1.30. The van der Waals surface area contributed by atoms with Gasteiger partial charge in [0.2, 0.25) is 0 Å². The summed E-state index contributed by atoms with van der Waals surface area (Å²) in [6, 6.07) is 0. The van der Waals surface area contributed by atoms with Crippen LogP contribution in [0.5, 0.6) is 0 Å². The molecular weight excluding hydrogens is 152 g/mol. The van der Waals surface area contributed by atoms with Crippen molar-refractivity contribution in [2.24, 2.45) is 0 Å². The number of aromatic amines is 1. The highest BCUT2D eigenvalue weighted by atomic mass is 32.1. The number of H-pyrrole nitrogens is 1. The van der Waals surface area contributed by atoms with Gasteiger partial charge in [-0.2, -0.15) is 0 Å². The van der Waals surface area contributed by atoms with Gasteiger partial charge in [-0.1, -0.05) is 11.3 Å². The number of nitrogens with one attached hydrogen (secondary N) is 1. The summed E-state index contributed by atoms with van der Waals surface area (Å²) in [5.74, 6) is 0.392. The monoisotopic (exact) mass is 156 g/mol. The fourth-order valence-corrected chi connectivity index (χ4v) is 1.41. The van der Waals surface area contributed by atoms with E-state index < -0.39 is 0 Å². The van der Waals surface area contributed by atoms with Crippen molar-refractivity contribution in [1.82, 2.24) is 14.6 Å². The third-order valence-corrected chi connectivity index (χ3v) is 2.03. The average molecular weight is 156 g/mol. The second-order valence-corrected chi connectivity index (χ2v) is 2.77. The summed E-state index contributed by atoms with van der Waals surface area (Å²) in [5, 5.41) is 2.52. The van der Waals surface area contributed by atoms with Gasteiger partial charge in [-0.25, -0.2) is 14.6 Å². The van der Waals surface area contributed by atoms with E-state index >= 15 is 0 Å². The molecule has 52 valence electrons. The normalized spacial score (nSPS) is 10.8. The molecular formula is C4H4N4OS. The van der Waals surface area contributed by atoms with Gasteiger partial charge in [-0.05, 0) is 0 Å². The SMILES string of the molecule is Nc1ncn2[nH]c(=O)sc12. The topological polar surface area (TPSA) is 76.2 Å². The van der Waals surface area contributed by atoms with Crippen LogP contribution in [0.4, 0.5) is 5.82 Å². The predicted octanol–water partition coefficient (Wildman–Crippen LogP) is -0.334. The molecule has 0 atom stereocenters.